The van der Waals surface area contributed by atoms with Crippen molar-refractivity contribution in [2.75, 3.05) is 31.9 Å². The third-order valence-electron chi connectivity index (χ3n) is 3.97. The van der Waals surface area contributed by atoms with E-state index in [4.69, 9.17) is 5.73 Å². The zero-order chi connectivity index (χ0) is 12.5. The number of nitrogens with zero attached hydrogens (tertiary/aromatic N) is 2. The van der Waals surface area contributed by atoms with E-state index >= 15 is 0 Å². The number of hydrogen-bond donors (Lipinski definition) is 2. The average Bonchev–Trinajstić information content (AvgIpc) is 3.19. The summed E-state index contributed by atoms with van der Waals surface area (Å²) in [5, 5.41) is 9.41. The summed E-state index contributed by atoms with van der Waals surface area (Å²) >= 11 is 0. The van der Waals surface area contributed by atoms with Crippen molar-refractivity contribution < 1.29 is 5.11 Å². The fourth-order valence-electron chi connectivity index (χ4n) is 2.69. The maximum Gasteiger partial charge on any atom is 0.138 e. The van der Waals surface area contributed by atoms with Crippen LogP contribution in [0, 0.1) is 0 Å². The molecule has 1 saturated heterocycles. The molecule has 2 aliphatic rings. The topological polar surface area (TPSA) is 52.7 Å². The van der Waals surface area contributed by atoms with Crippen LogP contribution in [0.15, 0.2) is 18.2 Å². The number of rotatable bonds is 3. The molecule has 1 heterocycles. The molecule has 2 fully saturated rings. The van der Waals surface area contributed by atoms with Gasteiger partial charge in [-0.1, -0.05) is 6.07 Å². The monoisotopic (exact) mass is 247 g/mol. The normalized spacial score (nSPS) is 22.2. The minimum atomic E-state index is 0.178. The van der Waals surface area contributed by atoms with Gasteiger partial charge in [-0.15, -0.1) is 0 Å². The van der Waals surface area contributed by atoms with Gasteiger partial charge in [0.1, 0.15) is 5.75 Å². The maximum absolute atomic E-state index is 9.41. The Morgan fingerprint density at radius 3 is 2.50 bits per heavy atom. The van der Waals surface area contributed by atoms with Crippen molar-refractivity contribution in [3.63, 3.8) is 0 Å². The molecule has 0 spiro atoms. The van der Waals surface area contributed by atoms with E-state index in [1.165, 1.54) is 31.5 Å². The summed E-state index contributed by atoms with van der Waals surface area (Å²) in [5.41, 5.74) is 7.38. The van der Waals surface area contributed by atoms with Crippen molar-refractivity contribution in [3.8, 4) is 5.75 Å². The molecule has 1 aromatic carbocycles. The molecule has 0 unspecified atom stereocenters. The van der Waals surface area contributed by atoms with E-state index in [1.807, 2.05) is 12.1 Å². The molecule has 0 radical (unpaired) electrons. The zero-order valence-electron chi connectivity index (χ0n) is 10.7. The van der Waals surface area contributed by atoms with E-state index in [-0.39, 0.29) is 5.75 Å². The first-order valence-corrected chi connectivity index (χ1v) is 6.76. The quantitative estimate of drug-likeness (QED) is 0.623. The summed E-state index contributed by atoms with van der Waals surface area (Å²) in [4.78, 5) is 5.08. The molecule has 0 aromatic heterocycles. The van der Waals surface area contributed by atoms with E-state index in [0.29, 0.717) is 5.69 Å². The largest absolute Gasteiger partial charge is 0.506 e. The average molecular weight is 247 g/mol. The number of phenolic OH excluding ortho intramolecular Hbond substituents is 1. The van der Waals surface area contributed by atoms with Gasteiger partial charge in [0.25, 0.3) is 0 Å². The number of hydrogen-bond acceptors (Lipinski definition) is 4. The Bertz CT molecular complexity index is 423. The lowest BCUT2D eigenvalue weighted by Gasteiger charge is -2.34. The summed E-state index contributed by atoms with van der Waals surface area (Å²) in [5.74, 6) is 0.178. The van der Waals surface area contributed by atoms with Crippen LogP contribution in [0.4, 0.5) is 5.69 Å². The van der Waals surface area contributed by atoms with Gasteiger partial charge in [-0.3, -0.25) is 9.80 Å². The lowest BCUT2D eigenvalue weighted by atomic mass is 10.1. The van der Waals surface area contributed by atoms with E-state index < -0.39 is 0 Å². The third-order valence-corrected chi connectivity index (χ3v) is 3.97. The van der Waals surface area contributed by atoms with Crippen molar-refractivity contribution in [1.29, 1.82) is 0 Å². The molecule has 3 N–H and O–H groups in total. The van der Waals surface area contributed by atoms with E-state index in [9.17, 15) is 5.11 Å². The van der Waals surface area contributed by atoms with Crippen molar-refractivity contribution in [2.24, 2.45) is 0 Å². The first kappa shape index (κ1) is 11.8. The van der Waals surface area contributed by atoms with Gasteiger partial charge in [-0.25, -0.2) is 0 Å². The molecule has 4 nitrogen and oxygen atoms in total. The minimum absolute atomic E-state index is 0.178. The Kier molecular flexibility index (Phi) is 3.14. The van der Waals surface area contributed by atoms with Gasteiger partial charge in [0.2, 0.25) is 0 Å². The van der Waals surface area contributed by atoms with Gasteiger partial charge in [0, 0.05) is 38.8 Å². The van der Waals surface area contributed by atoms with Crippen LogP contribution in [0.5, 0.6) is 5.75 Å². The molecule has 0 amide bonds. The minimum Gasteiger partial charge on any atom is -0.506 e. The second kappa shape index (κ2) is 4.78. The van der Waals surface area contributed by atoms with E-state index in [0.717, 1.165) is 25.7 Å². The highest BCUT2D eigenvalue weighted by Crippen LogP contribution is 2.28. The van der Waals surface area contributed by atoms with Gasteiger partial charge >= 0.3 is 0 Å². The lowest BCUT2D eigenvalue weighted by molar-refractivity contribution is 0.121. The number of phenols is 1. The van der Waals surface area contributed by atoms with Gasteiger partial charge in [0.05, 0.1) is 5.69 Å². The SMILES string of the molecule is Nc1cc(CN2CCN(C3CC3)CC2)ccc1O. The van der Waals surface area contributed by atoms with Crippen LogP contribution in [0.1, 0.15) is 18.4 Å². The van der Waals surface area contributed by atoms with Crippen LogP contribution in [0.25, 0.3) is 0 Å². The summed E-state index contributed by atoms with van der Waals surface area (Å²) in [6.07, 6.45) is 2.79. The van der Waals surface area contributed by atoms with Gasteiger partial charge in [-0.05, 0) is 30.5 Å². The standard InChI is InChI=1S/C14H21N3O/c15-13-9-11(1-4-14(13)18)10-16-5-7-17(8-6-16)12-2-3-12/h1,4,9,12,18H,2-3,5-8,10,15H2. The molecule has 3 rings (SSSR count). The molecule has 1 aliphatic carbocycles. The van der Waals surface area contributed by atoms with Crippen molar-refractivity contribution in [2.45, 2.75) is 25.4 Å². The molecule has 1 saturated carbocycles. The molecule has 98 valence electrons. The smallest absolute Gasteiger partial charge is 0.138 e. The molecular weight excluding hydrogens is 226 g/mol. The summed E-state index contributed by atoms with van der Waals surface area (Å²) in [6, 6.07) is 6.41. The molecule has 0 bridgehead atoms. The zero-order valence-corrected chi connectivity index (χ0v) is 10.7. The van der Waals surface area contributed by atoms with Crippen molar-refractivity contribution in [1.82, 2.24) is 9.80 Å². The number of benzene rings is 1. The van der Waals surface area contributed by atoms with Crippen molar-refractivity contribution in [3.05, 3.63) is 23.8 Å². The molecule has 4 heteroatoms. The number of nitrogen functional groups attached to an aromatic ring is 1. The highest BCUT2D eigenvalue weighted by molar-refractivity contribution is 5.53. The Morgan fingerprint density at radius 2 is 1.89 bits per heavy atom. The van der Waals surface area contributed by atoms with E-state index in [1.54, 1.807) is 6.07 Å². The van der Waals surface area contributed by atoms with Gasteiger partial charge < -0.3 is 10.8 Å². The van der Waals surface area contributed by atoms with Crippen molar-refractivity contribution >= 4 is 5.69 Å². The Hall–Kier alpha value is -1.26. The van der Waals surface area contributed by atoms with Crippen LogP contribution in [0.3, 0.4) is 0 Å². The number of piperazine rings is 1. The highest BCUT2D eigenvalue weighted by atomic mass is 16.3. The molecule has 18 heavy (non-hydrogen) atoms. The predicted molar refractivity (Wildman–Crippen MR) is 72.4 cm³/mol. The second-order valence-electron chi connectivity index (χ2n) is 5.44. The van der Waals surface area contributed by atoms with Gasteiger partial charge in [0.15, 0.2) is 0 Å². The van der Waals surface area contributed by atoms with Crippen LogP contribution in [0.2, 0.25) is 0 Å². The molecule has 1 aliphatic heterocycles. The van der Waals surface area contributed by atoms with E-state index in [2.05, 4.69) is 9.80 Å². The third kappa shape index (κ3) is 2.60. The first-order valence-electron chi connectivity index (χ1n) is 6.76. The second-order valence-corrected chi connectivity index (χ2v) is 5.44. The molecule has 0 atom stereocenters. The Balaban J connectivity index is 1.55. The summed E-state index contributed by atoms with van der Waals surface area (Å²) < 4.78 is 0. The maximum atomic E-state index is 9.41. The van der Waals surface area contributed by atoms with Crippen LogP contribution >= 0.6 is 0 Å². The molecule has 1 aromatic rings. The van der Waals surface area contributed by atoms with Crippen LogP contribution in [-0.2, 0) is 6.54 Å². The summed E-state index contributed by atoms with van der Waals surface area (Å²) in [6.45, 7) is 5.59. The number of anilines is 1. The fraction of sp³-hybridized carbons (Fsp3) is 0.571. The lowest BCUT2D eigenvalue weighted by Crippen LogP contribution is -2.46. The highest BCUT2D eigenvalue weighted by Gasteiger charge is 2.30. The van der Waals surface area contributed by atoms with Crippen LogP contribution in [-0.4, -0.2) is 47.1 Å². The Morgan fingerprint density at radius 1 is 1.17 bits per heavy atom. The number of nitrogens with two attached hydrogens (primary N) is 1. The van der Waals surface area contributed by atoms with Gasteiger partial charge in [-0.2, -0.15) is 0 Å². The number of aromatic hydroxyl groups is 1. The van der Waals surface area contributed by atoms with Crippen LogP contribution < -0.4 is 5.73 Å². The molecular formula is C14H21N3O. The first-order chi connectivity index (χ1) is 8.72. The summed E-state index contributed by atoms with van der Waals surface area (Å²) in [7, 11) is 0. The Labute approximate surface area is 108 Å². The predicted octanol–water partition coefficient (Wildman–Crippen LogP) is 1.25. The fourth-order valence-corrected chi connectivity index (χ4v) is 2.69.